The Balaban J connectivity index is 2.57. The van der Waals surface area contributed by atoms with E-state index in [4.69, 9.17) is 9.47 Å². The van der Waals surface area contributed by atoms with Crippen LogP contribution in [0.5, 0.6) is 0 Å². The molecule has 0 aliphatic rings. The molecule has 21 heavy (non-hydrogen) atoms. The van der Waals surface area contributed by atoms with Crippen LogP contribution >= 0.6 is 0 Å². The fraction of sp³-hybridized carbons (Fsp3) is 0.667. The second kappa shape index (κ2) is 10.8. The zero-order valence-electron chi connectivity index (χ0n) is 14.0. The Bertz CT molecular complexity index is 379. The highest BCUT2D eigenvalue weighted by molar-refractivity contribution is 5.26. The van der Waals surface area contributed by atoms with Gasteiger partial charge in [0.2, 0.25) is 0 Å². The van der Waals surface area contributed by atoms with Crippen LogP contribution in [0, 0.1) is 5.92 Å². The van der Waals surface area contributed by atoms with Crippen molar-refractivity contribution in [2.75, 3.05) is 33.5 Å². The van der Waals surface area contributed by atoms with E-state index >= 15 is 0 Å². The quantitative estimate of drug-likeness (QED) is 0.633. The van der Waals surface area contributed by atoms with E-state index in [1.54, 1.807) is 7.11 Å². The molecule has 0 amide bonds. The molecule has 1 aromatic carbocycles. The Morgan fingerprint density at radius 1 is 1.14 bits per heavy atom. The van der Waals surface area contributed by atoms with Crippen molar-refractivity contribution in [1.82, 2.24) is 5.32 Å². The molecule has 0 bridgehead atoms. The van der Waals surface area contributed by atoms with E-state index in [1.165, 1.54) is 11.1 Å². The lowest BCUT2D eigenvalue weighted by Gasteiger charge is -2.19. The minimum Gasteiger partial charge on any atom is -0.382 e. The topological polar surface area (TPSA) is 30.5 Å². The summed E-state index contributed by atoms with van der Waals surface area (Å²) in [5, 5.41) is 3.56. The largest absolute Gasteiger partial charge is 0.382 e. The highest BCUT2D eigenvalue weighted by atomic mass is 16.5. The molecular weight excluding hydrogens is 262 g/mol. The van der Waals surface area contributed by atoms with Gasteiger partial charge in [-0.15, -0.1) is 0 Å². The van der Waals surface area contributed by atoms with Gasteiger partial charge in [0.05, 0.1) is 13.2 Å². The van der Waals surface area contributed by atoms with Crippen LogP contribution in [0.1, 0.15) is 44.4 Å². The average molecular weight is 293 g/mol. The van der Waals surface area contributed by atoms with Crippen molar-refractivity contribution in [2.45, 2.75) is 39.7 Å². The first-order chi connectivity index (χ1) is 10.2. The van der Waals surface area contributed by atoms with Crippen molar-refractivity contribution < 1.29 is 9.47 Å². The third kappa shape index (κ3) is 7.60. The van der Waals surface area contributed by atoms with Gasteiger partial charge < -0.3 is 14.8 Å². The van der Waals surface area contributed by atoms with Gasteiger partial charge in [0.1, 0.15) is 0 Å². The summed E-state index contributed by atoms with van der Waals surface area (Å²) in [5.74, 6) is 0.690. The van der Waals surface area contributed by atoms with Crippen molar-refractivity contribution in [3.63, 3.8) is 0 Å². The lowest BCUT2D eigenvalue weighted by atomic mass is 9.97. The number of nitrogens with one attached hydrogen (secondary N) is 1. The zero-order valence-corrected chi connectivity index (χ0v) is 14.0. The molecule has 3 nitrogen and oxygen atoms in total. The van der Waals surface area contributed by atoms with Crippen molar-refractivity contribution in [3.8, 4) is 0 Å². The summed E-state index contributed by atoms with van der Waals surface area (Å²) in [4.78, 5) is 0. The molecule has 3 heteroatoms. The fourth-order valence-corrected chi connectivity index (χ4v) is 2.49. The molecule has 1 aromatic rings. The van der Waals surface area contributed by atoms with Gasteiger partial charge in [0, 0.05) is 19.8 Å². The Kier molecular flexibility index (Phi) is 9.31. The molecule has 0 heterocycles. The summed E-state index contributed by atoms with van der Waals surface area (Å²) < 4.78 is 10.6. The lowest BCUT2D eigenvalue weighted by Crippen LogP contribution is -2.23. The van der Waals surface area contributed by atoms with Gasteiger partial charge in [0.15, 0.2) is 0 Å². The van der Waals surface area contributed by atoms with Crippen molar-refractivity contribution in [1.29, 1.82) is 0 Å². The van der Waals surface area contributed by atoms with Crippen LogP contribution < -0.4 is 5.32 Å². The first-order valence-corrected chi connectivity index (χ1v) is 8.06. The SMILES string of the molecule is CCNC(CCOCCOC)c1cccc(CC(C)C)c1. The molecular formula is C18H31NO2. The molecule has 120 valence electrons. The molecule has 0 saturated heterocycles. The molecule has 1 atom stereocenters. The highest BCUT2D eigenvalue weighted by Crippen LogP contribution is 2.19. The van der Waals surface area contributed by atoms with Crippen LogP contribution in [-0.2, 0) is 15.9 Å². The number of rotatable bonds is 11. The van der Waals surface area contributed by atoms with Gasteiger partial charge in [-0.1, -0.05) is 45.0 Å². The minimum atomic E-state index is 0.365. The van der Waals surface area contributed by atoms with E-state index < -0.39 is 0 Å². The van der Waals surface area contributed by atoms with Gasteiger partial charge in [-0.25, -0.2) is 0 Å². The maximum absolute atomic E-state index is 5.60. The van der Waals surface area contributed by atoms with Gasteiger partial charge >= 0.3 is 0 Å². The van der Waals surface area contributed by atoms with E-state index in [0.717, 1.165) is 26.0 Å². The number of methoxy groups -OCH3 is 1. The number of hydrogen-bond acceptors (Lipinski definition) is 3. The summed E-state index contributed by atoms with van der Waals surface area (Å²) in [5.41, 5.74) is 2.79. The van der Waals surface area contributed by atoms with Crippen LogP contribution in [0.3, 0.4) is 0 Å². The van der Waals surface area contributed by atoms with Gasteiger partial charge in [-0.2, -0.15) is 0 Å². The van der Waals surface area contributed by atoms with Gasteiger partial charge in [-0.05, 0) is 36.4 Å². The third-order valence-electron chi connectivity index (χ3n) is 3.43. The van der Waals surface area contributed by atoms with E-state index in [1.807, 2.05) is 0 Å². The molecule has 0 saturated carbocycles. The van der Waals surface area contributed by atoms with E-state index in [-0.39, 0.29) is 0 Å². The highest BCUT2D eigenvalue weighted by Gasteiger charge is 2.11. The summed E-state index contributed by atoms with van der Waals surface area (Å²) in [6.07, 6.45) is 2.12. The minimum absolute atomic E-state index is 0.365. The Labute approximate surface area is 130 Å². The van der Waals surface area contributed by atoms with Crippen molar-refractivity contribution >= 4 is 0 Å². The predicted molar refractivity (Wildman–Crippen MR) is 88.7 cm³/mol. The molecule has 1 rings (SSSR count). The smallest absolute Gasteiger partial charge is 0.0700 e. The molecule has 0 aromatic heterocycles. The average Bonchev–Trinajstić information content (AvgIpc) is 2.45. The first-order valence-electron chi connectivity index (χ1n) is 8.06. The maximum Gasteiger partial charge on any atom is 0.0700 e. The second-order valence-electron chi connectivity index (χ2n) is 5.85. The first kappa shape index (κ1) is 18.1. The van der Waals surface area contributed by atoms with Crippen LogP contribution in [0.15, 0.2) is 24.3 Å². The van der Waals surface area contributed by atoms with E-state index in [2.05, 4.69) is 50.4 Å². The van der Waals surface area contributed by atoms with E-state index in [9.17, 15) is 0 Å². The third-order valence-corrected chi connectivity index (χ3v) is 3.43. The van der Waals surface area contributed by atoms with Crippen LogP contribution in [0.2, 0.25) is 0 Å². The standard InChI is InChI=1S/C18H31NO2/c1-5-19-18(9-10-21-12-11-20-4)17-8-6-7-16(14-17)13-15(2)3/h6-8,14-15,18-19H,5,9-13H2,1-4H3. The second-order valence-corrected chi connectivity index (χ2v) is 5.85. The van der Waals surface area contributed by atoms with Crippen LogP contribution in [-0.4, -0.2) is 33.5 Å². The molecule has 0 aliphatic heterocycles. The Morgan fingerprint density at radius 3 is 2.62 bits per heavy atom. The molecule has 0 radical (unpaired) electrons. The van der Waals surface area contributed by atoms with Crippen molar-refractivity contribution in [2.24, 2.45) is 5.92 Å². The number of ether oxygens (including phenoxy) is 2. The Morgan fingerprint density at radius 2 is 1.95 bits per heavy atom. The molecule has 0 aliphatic carbocycles. The number of hydrogen-bond donors (Lipinski definition) is 1. The predicted octanol–water partition coefficient (Wildman–Crippen LogP) is 3.59. The zero-order chi connectivity index (χ0) is 15.5. The lowest BCUT2D eigenvalue weighted by molar-refractivity contribution is 0.0658. The maximum atomic E-state index is 5.60. The molecule has 0 spiro atoms. The van der Waals surface area contributed by atoms with Gasteiger partial charge in [0.25, 0.3) is 0 Å². The summed E-state index contributed by atoms with van der Waals surface area (Å²) in [7, 11) is 1.70. The number of benzene rings is 1. The molecule has 1 unspecified atom stereocenters. The Hall–Kier alpha value is -0.900. The molecule has 0 fully saturated rings. The summed E-state index contributed by atoms with van der Waals surface area (Å²) in [6, 6.07) is 9.31. The summed E-state index contributed by atoms with van der Waals surface area (Å²) in [6.45, 7) is 9.73. The van der Waals surface area contributed by atoms with E-state index in [0.29, 0.717) is 25.2 Å². The van der Waals surface area contributed by atoms with Crippen LogP contribution in [0.25, 0.3) is 0 Å². The van der Waals surface area contributed by atoms with Gasteiger partial charge in [-0.3, -0.25) is 0 Å². The monoisotopic (exact) mass is 293 g/mol. The van der Waals surface area contributed by atoms with Crippen LogP contribution in [0.4, 0.5) is 0 Å². The molecule has 1 N–H and O–H groups in total. The fourth-order valence-electron chi connectivity index (χ4n) is 2.49. The normalized spacial score (nSPS) is 12.8. The summed E-state index contributed by atoms with van der Waals surface area (Å²) >= 11 is 0. The van der Waals surface area contributed by atoms with Crippen molar-refractivity contribution in [3.05, 3.63) is 35.4 Å².